The van der Waals surface area contributed by atoms with E-state index in [2.05, 4.69) is 58.5 Å². The van der Waals surface area contributed by atoms with Crippen LogP contribution in [0.3, 0.4) is 0 Å². The Morgan fingerprint density at radius 1 is 0.634 bits per heavy atom. The second kappa shape index (κ2) is 13.4. The molecule has 0 radical (unpaired) electrons. The second-order valence-electron chi connectivity index (χ2n) is 9.58. The highest BCUT2D eigenvalue weighted by atomic mass is 32.2. The van der Waals surface area contributed by atoms with Crippen molar-refractivity contribution in [3.8, 4) is 17.2 Å². The molecule has 3 heterocycles. The molecule has 0 amide bonds. The minimum atomic E-state index is -0.410. The van der Waals surface area contributed by atoms with E-state index in [1.807, 2.05) is 48.5 Å². The van der Waals surface area contributed by atoms with Crippen LogP contribution in [0.15, 0.2) is 137 Å². The third-order valence-electron chi connectivity index (χ3n) is 6.61. The molecule has 0 bridgehead atoms. The molecule has 6 nitrogen and oxygen atoms in total. The quantitative estimate of drug-likeness (QED) is 0.158. The molecule has 1 aliphatic heterocycles. The molecule has 206 valence electrons. The molecule has 5 aromatic rings. The number of pyridine rings is 2. The van der Waals surface area contributed by atoms with Gasteiger partial charge in [-0.1, -0.05) is 12.1 Å². The highest BCUT2D eigenvalue weighted by molar-refractivity contribution is 7.97. The maximum absolute atomic E-state index is 6.17. The summed E-state index contributed by atoms with van der Waals surface area (Å²) in [5.41, 5.74) is 2.15. The Balaban J connectivity index is 1.28. The summed E-state index contributed by atoms with van der Waals surface area (Å²) >= 11 is 0. The fourth-order valence-electron chi connectivity index (χ4n) is 4.53. The van der Waals surface area contributed by atoms with E-state index in [1.165, 1.54) is 4.90 Å². The Bertz CT molecular complexity index is 1440. The molecular weight excluding hydrogens is 532 g/mol. The molecule has 6 rings (SSSR count). The zero-order valence-corrected chi connectivity index (χ0v) is 23.4. The van der Waals surface area contributed by atoms with Gasteiger partial charge in [0.25, 0.3) is 0 Å². The van der Waals surface area contributed by atoms with Gasteiger partial charge in [0.1, 0.15) is 30.5 Å². The van der Waals surface area contributed by atoms with Crippen LogP contribution < -0.4 is 14.2 Å². The number of benzene rings is 3. The summed E-state index contributed by atoms with van der Waals surface area (Å²) in [6, 6.07) is 32.9. The Hall–Kier alpha value is -4.33. The first kappa shape index (κ1) is 26.9. The lowest BCUT2D eigenvalue weighted by Gasteiger charge is -2.14. The first-order chi connectivity index (χ1) is 20.3. The van der Waals surface area contributed by atoms with Crippen LogP contribution >= 0.6 is 0 Å². The Morgan fingerprint density at radius 3 is 1.71 bits per heavy atom. The topological polar surface area (TPSA) is 62.7 Å². The highest BCUT2D eigenvalue weighted by Crippen LogP contribution is 2.35. The van der Waals surface area contributed by atoms with Gasteiger partial charge in [0, 0.05) is 43.3 Å². The lowest BCUT2D eigenvalue weighted by molar-refractivity contribution is -0.0390. The standard InChI is InChI=1S/C34H31N2O4S/c1-4-29(38-24-26-13-17-35-18-14-26)22-32(6-1)41(31-11-9-28(10-12-31)40-34-8-3-21-37-34)33-7-2-5-30(23-33)39-25-27-15-19-36-20-16-27/h1-2,4-7,9-20,22-23,34H,3,8,21,24-25H2/q+1. The van der Waals surface area contributed by atoms with Crippen molar-refractivity contribution in [3.63, 3.8) is 0 Å². The zero-order chi connectivity index (χ0) is 27.7. The number of hydrogen-bond acceptors (Lipinski definition) is 6. The Morgan fingerprint density at radius 2 is 1.20 bits per heavy atom. The van der Waals surface area contributed by atoms with E-state index < -0.39 is 10.9 Å². The van der Waals surface area contributed by atoms with E-state index in [-0.39, 0.29) is 6.29 Å². The van der Waals surface area contributed by atoms with Gasteiger partial charge in [-0.2, -0.15) is 0 Å². The molecule has 0 N–H and O–H groups in total. The summed E-state index contributed by atoms with van der Waals surface area (Å²) in [5, 5.41) is 0. The van der Waals surface area contributed by atoms with Crippen molar-refractivity contribution in [1.29, 1.82) is 0 Å². The van der Waals surface area contributed by atoms with E-state index in [9.17, 15) is 0 Å². The van der Waals surface area contributed by atoms with E-state index in [1.54, 1.807) is 24.8 Å². The van der Waals surface area contributed by atoms with Gasteiger partial charge in [0.2, 0.25) is 0 Å². The molecule has 41 heavy (non-hydrogen) atoms. The van der Waals surface area contributed by atoms with Gasteiger partial charge in [-0.15, -0.1) is 0 Å². The average molecular weight is 564 g/mol. The van der Waals surface area contributed by atoms with Crippen molar-refractivity contribution in [1.82, 2.24) is 9.97 Å². The largest absolute Gasteiger partial charge is 0.489 e. The lowest BCUT2D eigenvalue weighted by atomic mass is 10.3. The van der Waals surface area contributed by atoms with Crippen molar-refractivity contribution in [2.75, 3.05) is 6.61 Å². The molecule has 2 aromatic heterocycles. The smallest absolute Gasteiger partial charge is 0.199 e. The summed E-state index contributed by atoms with van der Waals surface area (Å²) in [6.45, 7) is 1.71. The van der Waals surface area contributed by atoms with Gasteiger partial charge >= 0.3 is 0 Å². The minimum Gasteiger partial charge on any atom is -0.489 e. The third-order valence-corrected chi connectivity index (χ3v) is 8.80. The molecule has 1 unspecified atom stereocenters. The van der Waals surface area contributed by atoms with Crippen molar-refractivity contribution in [3.05, 3.63) is 133 Å². The van der Waals surface area contributed by atoms with Crippen LogP contribution in [0.1, 0.15) is 24.0 Å². The molecule has 3 aromatic carbocycles. The molecule has 0 aliphatic carbocycles. The van der Waals surface area contributed by atoms with Gasteiger partial charge < -0.3 is 18.9 Å². The van der Waals surface area contributed by atoms with Crippen LogP contribution in [0.2, 0.25) is 0 Å². The van der Waals surface area contributed by atoms with Gasteiger partial charge in [-0.3, -0.25) is 9.97 Å². The van der Waals surface area contributed by atoms with Gasteiger partial charge in [0.05, 0.1) is 17.5 Å². The predicted octanol–water partition coefficient (Wildman–Crippen LogP) is 7.25. The maximum atomic E-state index is 6.17. The SMILES string of the molecule is c1cc(OCc2ccncc2)cc([S+](c2ccc(OC3CCCO3)cc2)c2cccc(OCc3ccncc3)c2)c1. The van der Waals surface area contributed by atoms with Gasteiger partial charge in [0.15, 0.2) is 21.0 Å². The molecule has 0 saturated carbocycles. The van der Waals surface area contributed by atoms with Gasteiger partial charge in [-0.05, 0) is 90.3 Å². The highest BCUT2D eigenvalue weighted by Gasteiger charge is 2.30. The van der Waals surface area contributed by atoms with E-state index in [0.29, 0.717) is 13.2 Å². The Kier molecular flexibility index (Phi) is 8.75. The maximum Gasteiger partial charge on any atom is 0.199 e. The van der Waals surface area contributed by atoms with Crippen molar-refractivity contribution in [2.24, 2.45) is 0 Å². The van der Waals surface area contributed by atoms with Crippen molar-refractivity contribution < 1.29 is 18.9 Å². The molecule has 1 saturated heterocycles. The van der Waals surface area contributed by atoms with Gasteiger partial charge in [-0.25, -0.2) is 0 Å². The predicted molar refractivity (Wildman–Crippen MR) is 158 cm³/mol. The molecule has 0 spiro atoms. The molecule has 1 fully saturated rings. The number of nitrogens with zero attached hydrogens (tertiary/aromatic N) is 2. The summed E-state index contributed by atoms with van der Waals surface area (Å²) in [4.78, 5) is 11.7. The number of hydrogen-bond donors (Lipinski definition) is 0. The summed E-state index contributed by atoms with van der Waals surface area (Å²) in [7, 11) is -0.410. The zero-order valence-electron chi connectivity index (χ0n) is 22.6. The fraction of sp³-hybridized carbons (Fsp3) is 0.176. The average Bonchev–Trinajstić information content (AvgIpc) is 3.55. The monoisotopic (exact) mass is 563 g/mol. The van der Waals surface area contributed by atoms with Crippen LogP contribution in [-0.4, -0.2) is 22.9 Å². The van der Waals surface area contributed by atoms with Crippen LogP contribution in [0.25, 0.3) is 0 Å². The number of aromatic nitrogens is 2. The molecule has 1 aliphatic rings. The number of rotatable bonds is 11. The van der Waals surface area contributed by atoms with Crippen molar-refractivity contribution >= 4 is 10.9 Å². The Labute approximate surface area is 243 Å². The molecule has 7 heteroatoms. The fourth-order valence-corrected chi connectivity index (χ4v) is 6.65. The molecular formula is C34H31N2O4S+. The van der Waals surface area contributed by atoms with E-state index in [4.69, 9.17) is 18.9 Å². The first-order valence-electron chi connectivity index (χ1n) is 13.7. The van der Waals surface area contributed by atoms with Crippen LogP contribution in [-0.2, 0) is 28.8 Å². The van der Waals surface area contributed by atoms with Crippen LogP contribution in [0.5, 0.6) is 17.2 Å². The normalized spacial score (nSPS) is 14.6. The summed E-state index contributed by atoms with van der Waals surface area (Å²) < 4.78 is 24.0. The van der Waals surface area contributed by atoms with E-state index >= 15 is 0 Å². The van der Waals surface area contributed by atoms with E-state index in [0.717, 1.165) is 57.6 Å². The number of ether oxygens (including phenoxy) is 4. The summed E-state index contributed by atoms with van der Waals surface area (Å²) in [5.74, 6) is 2.45. The first-order valence-corrected chi connectivity index (χ1v) is 14.9. The lowest BCUT2D eigenvalue weighted by Crippen LogP contribution is -2.14. The van der Waals surface area contributed by atoms with Crippen LogP contribution in [0.4, 0.5) is 0 Å². The minimum absolute atomic E-state index is 0.164. The third kappa shape index (κ3) is 7.25. The molecule has 1 atom stereocenters. The van der Waals surface area contributed by atoms with Crippen molar-refractivity contribution in [2.45, 2.75) is 47.0 Å². The summed E-state index contributed by atoms with van der Waals surface area (Å²) in [6.07, 6.45) is 8.91. The second-order valence-corrected chi connectivity index (χ2v) is 11.6. The van der Waals surface area contributed by atoms with Crippen LogP contribution in [0, 0.1) is 0 Å².